The van der Waals surface area contributed by atoms with Gasteiger partial charge in [-0.3, -0.25) is 14.5 Å². The molecule has 6 rings (SSSR count). The van der Waals surface area contributed by atoms with Gasteiger partial charge >= 0.3 is 5.91 Å². The van der Waals surface area contributed by atoms with E-state index in [4.69, 9.17) is 4.74 Å². The third kappa shape index (κ3) is 4.29. The molecular weight excluding hydrogens is 515 g/mol. The van der Waals surface area contributed by atoms with Crippen molar-refractivity contribution in [1.29, 1.82) is 0 Å². The molecule has 1 fully saturated rings. The number of thiazole rings is 1. The van der Waals surface area contributed by atoms with Crippen LogP contribution in [0.3, 0.4) is 0 Å². The highest BCUT2D eigenvalue weighted by molar-refractivity contribution is 7.22. The third-order valence-electron chi connectivity index (χ3n) is 7.25. The number of benzene rings is 3. The molecule has 39 heavy (non-hydrogen) atoms. The molecule has 0 radical (unpaired) electrons. The SMILES string of the molecule is C[C@H]1Cc2cc(C(O)=C3C(=O)C(=O)N(c4nc5ccc(F)cc5s4)[C@@H]3c3ccc(C(C)(C)C)cc3)ccc2O1. The minimum atomic E-state index is -0.909. The maximum atomic E-state index is 13.9. The highest BCUT2D eigenvalue weighted by Gasteiger charge is 2.48. The quantitative estimate of drug-likeness (QED) is 0.177. The Morgan fingerprint density at radius 3 is 2.54 bits per heavy atom. The molecule has 1 N–H and O–H groups in total. The lowest BCUT2D eigenvalue weighted by molar-refractivity contribution is -0.132. The van der Waals surface area contributed by atoms with Crippen molar-refractivity contribution in [3.63, 3.8) is 0 Å². The number of fused-ring (bicyclic) bond motifs is 2. The number of carbonyl (C=O) groups excluding carboxylic acids is 2. The Kier molecular flexibility index (Phi) is 5.84. The van der Waals surface area contributed by atoms with E-state index in [1.165, 1.54) is 17.0 Å². The van der Waals surface area contributed by atoms with E-state index in [0.29, 0.717) is 27.8 Å². The summed E-state index contributed by atoms with van der Waals surface area (Å²) in [6, 6.07) is 16.3. The number of Topliss-reactive ketones (excluding diaryl/α,β-unsaturated/α-hetero) is 1. The molecule has 0 saturated carbocycles. The van der Waals surface area contributed by atoms with E-state index >= 15 is 0 Å². The summed E-state index contributed by atoms with van der Waals surface area (Å²) < 4.78 is 20.2. The van der Waals surface area contributed by atoms with Gasteiger partial charge in [-0.05, 0) is 65.4 Å². The number of rotatable bonds is 3. The van der Waals surface area contributed by atoms with Crippen molar-refractivity contribution in [2.75, 3.05) is 4.90 Å². The summed E-state index contributed by atoms with van der Waals surface area (Å²) in [5.41, 5.74) is 3.53. The van der Waals surface area contributed by atoms with Crippen molar-refractivity contribution < 1.29 is 23.8 Å². The average Bonchev–Trinajstić information content (AvgIpc) is 3.55. The topological polar surface area (TPSA) is 79.7 Å². The summed E-state index contributed by atoms with van der Waals surface area (Å²) in [5.74, 6) is -1.51. The van der Waals surface area contributed by atoms with E-state index in [-0.39, 0.29) is 28.0 Å². The molecule has 0 bridgehead atoms. The van der Waals surface area contributed by atoms with Crippen molar-refractivity contribution >= 4 is 44.1 Å². The molecule has 8 heteroatoms. The largest absolute Gasteiger partial charge is 0.507 e. The van der Waals surface area contributed by atoms with Crippen LogP contribution in [0, 0.1) is 5.82 Å². The lowest BCUT2D eigenvalue weighted by atomic mass is 9.85. The van der Waals surface area contributed by atoms with E-state index in [0.717, 1.165) is 28.2 Å². The lowest BCUT2D eigenvalue weighted by Gasteiger charge is -2.24. The highest BCUT2D eigenvalue weighted by Crippen LogP contribution is 2.45. The molecule has 1 saturated heterocycles. The number of anilines is 1. The van der Waals surface area contributed by atoms with Gasteiger partial charge in [-0.15, -0.1) is 0 Å². The molecule has 2 atom stereocenters. The summed E-state index contributed by atoms with van der Waals surface area (Å²) in [4.78, 5) is 33.0. The van der Waals surface area contributed by atoms with Gasteiger partial charge in [0.05, 0.1) is 21.8 Å². The van der Waals surface area contributed by atoms with Crippen molar-refractivity contribution in [1.82, 2.24) is 4.98 Å². The molecule has 198 valence electrons. The van der Waals surface area contributed by atoms with Crippen LogP contribution in [0.5, 0.6) is 5.75 Å². The van der Waals surface area contributed by atoms with Crippen LogP contribution in [-0.4, -0.2) is 27.9 Å². The minimum Gasteiger partial charge on any atom is -0.507 e. The van der Waals surface area contributed by atoms with Gasteiger partial charge in [0.2, 0.25) is 0 Å². The second-order valence-electron chi connectivity index (χ2n) is 11.1. The van der Waals surface area contributed by atoms with Crippen LogP contribution in [-0.2, 0) is 21.4 Å². The van der Waals surface area contributed by atoms with Gasteiger partial charge in [0.25, 0.3) is 5.78 Å². The molecular formula is C31H27FN2O4S. The molecule has 4 aromatic rings. The first-order chi connectivity index (χ1) is 18.5. The van der Waals surface area contributed by atoms with Gasteiger partial charge in [-0.2, -0.15) is 0 Å². The Balaban J connectivity index is 1.53. The number of aliphatic hydroxyl groups excluding tert-OH is 1. The molecule has 3 heterocycles. The first-order valence-corrected chi connectivity index (χ1v) is 13.6. The number of nitrogens with zero attached hydrogens (tertiary/aromatic N) is 2. The predicted octanol–water partition coefficient (Wildman–Crippen LogP) is 6.68. The molecule has 1 aromatic heterocycles. The number of halogens is 1. The number of ketones is 1. The van der Waals surface area contributed by atoms with Crippen LogP contribution in [0.1, 0.15) is 56.0 Å². The van der Waals surface area contributed by atoms with E-state index in [9.17, 15) is 19.1 Å². The molecule has 0 spiro atoms. The van der Waals surface area contributed by atoms with Crippen molar-refractivity contribution in [3.8, 4) is 5.75 Å². The third-order valence-corrected chi connectivity index (χ3v) is 8.27. The first kappa shape index (κ1) is 25.2. The van der Waals surface area contributed by atoms with Crippen LogP contribution >= 0.6 is 11.3 Å². The first-order valence-electron chi connectivity index (χ1n) is 12.8. The molecule has 0 unspecified atom stereocenters. The van der Waals surface area contributed by atoms with Gasteiger partial charge in [-0.25, -0.2) is 9.37 Å². The summed E-state index contributed by atoms with van der Waals surface area (Å²) in [6.07, 6.45) is 0.707. The minimum absolute atomic E-state index is 0.0131. The Morgan fingerprint density at radius 2 is 1.82 bits per heavy atom. The van der Waals surface area contributed by atoms with Gasteiger partial charge in [0.1, 0.15) is 23.4 Å². The monoisotopic (exact) mass is 542 g/mol. The molecule has 6 nitrogen and oxygen atoms in total. The van der Waals surface area contributed by atoms with Crippen LogP contribution < -0.4 is 9.64 Å². The van der Waals surface area contributed by atoms with E-state index in [2.05, 4.69) is 25.8 Å². The number of amides is 1. The molecule has 2 aliphatic heterocycles. The summed E-state index contributed by atoms with van der Waals surface area (Å²) >= 11 is 1.13. The normalized spacial score (nSPS) is 20.5. The Morgan fingerprint density at radius 1 is 1.08 bits per heavy atom. The average molecular weight is 543 g/mol. The summed E-state index contributed by atoms with van der Waals surface area (Å²) in [5, 5.41) is 11.8. The van der Waals surface area contributed by atoms with Crippen LogP contribution in [0.2, 0.25) is 0 Å². The zero-order chi connectivity index (χ0) is 27.6. The predicted molar refractivity (Wildman–Crippen MR) is 150 cm³/mol. The van der Waals surface area contributed by atoms with Crippen LogP contribution in [0.25, 0.3) is 16.0 Å². The van der Waals surface area contributed by atoms with Crippen LogP contribution in [0.4, 0.5) is 9.52 Å². The maximum absolute atomic E-state index is 13.9. The van der Waals surface area contributed by atoms with Crippen molar-refractivity contribution in [3.05, 3.63) is 94.3 Å². The highest BCUT2D eigenvalue weighted by atomic mass is 32.1. The second kappa shape index (κ2) is 9.02. The summed E-state index contributed by atoms with van der Waals surface area (Å²) in [7, 11) is 0. The van der Waals surface area contributed by atoms with E-state index < -0.39 is 23.5 Å². The van der Waals surface area contributed by atoms with E-state index in [1.54, 1.807) is 18.2 Å². The van der Waals surface area contributed by atoms with Crippen molar-refractivity contribution in [2.45, 2.75) is 51.7 Å². The standard InChI is InChI=1S/C31H27FN2O4S/c1-16-13-19-14-18(7-12-23(19)38-16)27(35)25-26(17-5-8-20(9-6-17)31(2,3)4)34(29(37)28(25)36)30-33-22-11-10-21(32)15-24(22)39-30/h5-12,14-16,26,35H,13H2,1-4H3/t16-,26+/m0/s1. The number of ether oxygens (including phenoxy) is 1. The number of carbonyl (C=O) groups is 2. The zero-order valence-corrected chi connectivity index (χ0v) is 22.8. The molecule has 3 aromatic carbocycles. The molecule has 1 amide bonds. The zero-order valence-electron chi connectivity index (χ0n) is 22.0. The smallest absolute Gasteiger partial charge is 0.301 e. The molecule has 0 aliphatic carbocycles. The van der Waals surface area contributed by atoms with Gasteiger partial charge in [0, 0.05) is 12.0 Å². The number of hydrogen-bond donors (Lipinski definition) is 1. The lowest BCUT2D eigenvalue weighted by Crippen LogP contribution is -2.29. The fourth-order valence-electron chi connectivity index (χ4n) is 5.22. The molecule has 2 aliphatic rings. The van der Waals surface area contributed by atoms with E-state index in [1.807, 2.05) is 37.3 Å². The van der Waals surface area contributed by atoms with Gasteiger partial charge < -0.3 is 9.84 Å². The number of aliphatic hydroxyl groups is 1. The van der Waals surface area contributed by atoms with Gasteiger partial charge in [0.15, 0.2) is 5.13 Å². The fourth-order valence-corrected chi connectivity index (χ4v) is 6.24. The maximum Gasteiger partial charge on any atom is 0.301 e. The number of aromatic nitrogens is 1. The Bertz CT molecular complexity index is 1680. The van der Waals surface area contributed by atoms with Gasteiger partial charge in [-0.1, -0.05) is 56.4 Å². The van der Waals surface area contributed by atoms with Crippen molar-refractivity contribution in [2.24, 2.45) is 0 Å². The fraction of sp³-hybridized carbons (Fsp3) is 0.258. The summed E-state index contributed by atoms with van der Waals surface area (Å²) in [6.45, 7) is 8.28. The second-order valence-corrected chi connectivity index (χ2v) is 12.1. The number of hydrogen-bond acceptors (Lipinski definition) is 6. The van der Waals surface area contributed by atoms with Crippen LogP contribution in [0.15, 0.2) is 66.2 Å². The Hall–Kier alpha value is -4.04. The Labute approximate surface area is 229 Å².